The summed E-state index contributed by atoms with van der Waals surface area (Å²) in [5, 5.41) is 11.5. The second-order valence-corrected chi connectivity index (χ2v) is 9.85. The third kappa shape index (κ3) is 6.64. The summed E-state index contributed by atoms with van der Waals surface area (Å²) in [5.74, 6) is 0.428. The highest BCUT2D eigenvalue weighted by Gasteiger charge is 2.27. The predicted molar refractivity (Wildman–Crippen MR) is 115 cm³/mol. The highest BCUT2D eigenvalue weighted by Crippen LogP contribution is 2.27. The fourth-order valence-electron chi connectivity index (χ4n) is 4.01. The van der Waals surface area contributed by atoms with E-state index in [0.717, 1.165) is 18.4 Å². The molecule has 1 aliphatic carbocycles. The lowest BCUT2D eigenvalue weighted by Gasteiger charge is -2.29. The summed E-state index contributed by atoms with van der Waals surface area (Å²) in [7, 11) is -3.52. The molecular formula is C23H32N2O3S. The average molecular weight is 417 g/mol. The van der Waals surface area contributed by atoms with Crippen molar-refractivity contribution >= 4 is 10.0 Å². The van der Waals surface area contributed by atoms with Crippen LogP contribution in [0.2, 0.25) is 0 Å². The van der Waals surface area contributed by atoms with Gasteiger partial charge in [0.1, 0.15) is 0 Å². The van der Waals surface area contributed by atoms with Crippen molar-refractivity contribution in [1.29, 1.82) is 0 Å². The van der Waals surface area contributed by atoms with E-state index >= 15 is 0 Å². The smallest absolute Gasteiger partial charge is 0.243 e. The van der Waals surface area contributed by atoms with Gasteiger partial charge in [-0.25, -0.2) is 8.42 Å². The number of hydroxylamine groups is 2. The highest BCUT2D eigenvalue weighted by molar-refractivity contribution is 7.89. The van der Waals surface area contributed by atoms with Crippen LogP contribution in [0.4, 0.5) is 0 Å². The molecule has 2 aromatic carbocycles. The largest absolute Gasteiger partial charge is 0.314 e. The van der Waals surface area contributed by atoms with Gasteiger partial charge in [0.2, 0.25) is 10.0 Å². The molecule has 2 aromatic rings. The van der Waals surface area contributed by atoms with E-state index in [-0.39, 0.29) is 0 Å². The summed E-state index contributed by atoms with van der Waals surface area (Å²) in [6.07, 6.45) is 6.40. The molecule has 29 heavy (non-hydrogen) atoms. The van der Waals surface area contributed by atoms with Gasteiger partial charge >= 0.3 is 0 Å². The Morgan fingerprint density at radius 1 is 0.862 bits per heavy atom. The van der Waals surface area contributed by atoms with Crippen LogP contribution in [0.3, 0.4) is 0 Å². The Morgan fingerprint density at radius 2 is 1.48 bits per heavy atom. The van der Waals surface area contributed by atoms with Gasteiger partial charge in [0.25, 0.3) is 0 Å². The minimum absolute atomic E-state index is 0.348. The van der Waals surface area contributed by atoms with Crippen molar-refractivity contribution in [2.24, 2.45) is 5.92 Å². The minimum atomic E-state index is -3.52. The molecule has 0 heterocycles. The van der Waals surface area contributed by atoms with E-state index < -0.39 is 10.0 Å². The topological polar surface area (TPSA) is 60.9 Å². The van der Waals surface area contributed by atoms with Crippen LogP contribution in [0.15, 0.2) is 65.6 Å². The molecule has 0 bridgehead atoms. The molecule has 0 unspecified atom stereocenters. The van der Waals surface area contributed by atoms with Crippen LogP contribution >= 0.6 is 0 Å². The second kappa shape index (κ2) is 10.9. The number of hydrogen-bond acceptors (Lipinski definition) is 4. The van der Waals surface area contributed by atoms with Gasteiger partial charge in [-0.3, -0.25) is 0 Å². The maximum atomic E-state index is 13.2. The van der Waals surface area contributed by atoms with Crippen LogP contribution in [0, 0.1) is 5.92 Å². The molecule has 0 aliphatic heterocycles. The quantitative estimate of drug-likeness (QED) is 0.578. The Bertz CT molecular complexity index is 822. The van der Waals surface area contributed by atoms with Gasteiger partial charge in [-0.05, 0) is 42.9 Å². The van der Waals surface area contributed by atoms with E-state index in [9.17, 15) is 13.6 Å². The lowest BCUT2D eigenvalue weighted by atomic mass is 9.89. The molecule has 1 fully saturated rings. The van der Waals surface area contributed by atoms with Gasteiger partial charge < -0.3 is 5.21 Å². The standard InChI is InChI=1S/C23H32N2O3S/c26-24(19-21-11-4-1-5-12-21)17-10-18-25(20-22-13-6-2-7-14-22)29(27,28)23-15-8-3-9-16-23/h1,3-5,8-9,11-12,15-16,22,26H,2,6-7,10,13-14,17-20H2. The Balaban J connectivity index is 1.61. The molecule has 0 amide bonds. The van der Waals surface area contributed by atoms with Crippen LogP contribution in [-0.4, -0.2) is 42.6 Å². The van der Waals surface area contributed by atoms with Crippen LogP contribution in [0.25, 0.3) is 0 Å². The summed E-state index contributed by atoms with van der Waals surface area (Å²) in [4.78, 5) is 0.348. The van der Waals surface area contributed by atoms with Crippen LogP contribution < -0.4 is 0 Å². The lowest BCUT2D eigenvalue weighted by molar-refractivity contribution is -0.100. The van der Waals surface area contributed by atoms with Crippen LogP contribution in [0.1, 0.15) is 44.1 Å². The third-order valence-electron chi connectivity index (χ3n) is 5.60. The number of sulfonamides is 1. The molecule has 5 nitrogen and oxygen atoms in total. The van der Waals surface area contributed by atoms with E-state index in [1.54, 1.807) is 28.6 Å². The molecule has 0 radical (unpaired) electrons. The number of rotatable bonds is 10. The first-order chi connectivity index (χ1) is 14.1. The summed E-state index contributed by atoms with van der Waals surface area (Å²) in [6.45, 7) is 1.86. The molecule has 0 atom stereocenters. The minimum Gasteiger partial charge on any atom is -0.314 e. The molecule has 0 saturated heterocycles. The third-order valence-corrected chi connectivity index (χ3v) is 7.48. The lowest BCUT2D eigenvalue weighted by Crippen LogP contribution is -2.38. The molecule has 1 aliphatic rings. The van der Waals surface area contributed by atoms with Crippen molar-refractivity contribution in [2.45, 2.75) is 50.0 Å². The Kier molecular flexibility index (Phi) is 8.24. The molecule has 0 spiro atoms. The van der Waals surface area contributed by atoms with Crippen LogP contribution in [-0.2, 0) is 16.6 Å². The Labute approximate surface area is 175 Å². The average Bonchev–Trinajstić information content (AvgIpc) is 2.75. The molecule has 6 heteroatoms. The number of benzene rings is 2. The Hall–Kier alpha value is -1.73. The van der Waals surface area contributed by atoms with Gasteiger partial charge in [-0.1, -0.05) is 67.8 Å². The first-order valence-corrected chi connectivity index (χ1v) is 12.0. The van der Waals surface area contributed by atoms with Crippen molar-refractivity contribution in [3.8, 4) is 0 Å². The summed E-state index contributed by atoms with van der Waals surface area (Å²) >= 11 is 0. The maximum Gasteiger partial charge on any atom is 0.243 e. The fourth-order valence-corrected chi connectivity index (χ4v) is 5.59. The van der Waals surface area contributed by atoms with Crippen molar-refractivity contribution < 1.29 is 13.6 Å². The van der Waals surface area contributed by atoms with Gasteiger partial charge in [0, 0.05) is 26.2 Å². The van der Waals surface area contributed by atoms with E-state index in [1.807, 2.05) is 36.4 Å². The molecular weight excluding hydrogens is 384 g/mol. The zero-order valence-corrected chi connectivity index (χ0v) is 17.8. The first-order valence-electron chi connectivity index (χ1n) is 10.6. The van der Waals surface area contributed by atoms with E-state index in [2.05, 4.69) is 0 Å². The predicted octanol–water partition coefficient (Wildman–Crippen LogP) is 4.54. The zero-order chi connectivity index (χ0) is 20.5. The van der Waals surface area contributed by atoms with Crippen molar-refractivity contribution in [2.75, 3.05) is 19.6 Å². The fraction of sp³-hybridized carbons (Fsp3) is 0.478. The summed E-state index contributed by atoms with van der Waals surface area (Å²) in [5.41, 5.74) is 1.03. The van der Waals surface area contributed by atoms with Gasteiger partial charge in [0.15, 0.2) is 0 Å². The summed E-state index contributed by atoms with van der Waals surface area (Å²) < 4.78 is 28.1. The molecule has 1 saturated carbocycles. The monoisotopic (exact) mass is 416 g/mol. The van der Waals surface area contributed by atoms with Gasteiger partial charge in [0.05, 0.1) is 4.90 Å². The number of hydrogen-bond donors (Lipinski definition) is 1. The van der Waals surface area contributed by atoms with Crippen molar-refractivity contribution in [3.63, 3.8) is 0 Å². The normalized spacial score (nSPS) is 15.8. The molecule has 158 valence electrons. The van der Waals surface area contributed by atoms with Crippen molar-refractivity contribution in [3.05, 3.63) is 66.2 Å². The zero-order valence-electron chi connectivity index (χ0n) is 17.0. The first kappa shape index (κ1) is 22.0. The summed E-state index contributed by atoms with van der Waals surface area (Å²) in [6, 6.07) is 18.5. The van der Waals surface area contributed by atoms with E-state index in [0.29, 0.717) is 43.4 Å². The highest BCUT2D eigenvalue weighted by atomic mass is 32.2. The maximum absolute atomic E-state index is 13.2. The van der Waals surface area contributed by atoms with E-state index in [4.69, 9.17) is 0 Å². The van der Waals surface area contributed by atoms with Crippen molar-refractivity contribution in [1.82, 2.24) is 9.37 Å². The SMILES string of the molecule is O=S(=O)(c1ccccc1)N(CCCN(O)Cc1ccccc1)CC1CCCCC1. The molecule has 0 aromatic heterocycles. The number of nitrogens with zero attached hydrogens (tertiary/aromatic N) is 2. The van der Waals surface area contributed by atoms with E-state index in [1.165, 1.54) is 24.3 Å². The van der Waals surface area contributed by atoms with Crippen LogP contribution in [0.5, 0.6) is 0 Å². The van der Waals surface area contributed by atoms with Gasteiger partial charge in [-0.2, -0.15) is 9.37 Å². The van der Waals surface area contributed by atoms with Gasteiger partial charge in [-0.15, -0.1) is 0 Å². The Morgan fingerprint density at radius 3 is 2.14 bits per heavy atom. The molecule has 3 rings (SSSR count). The molecule has 1 N–H and O–H groups in total. The second-order valence-electron chi connectivity index (χ2n) is 7.91.